The zero-order valence-corrected chi connectivity index (χ0v) is 27.1. The van der Waals surface area contributed by atoms with Crippen LogP contribution in [0.2, 0.25) is 0 Å². The van der Waals surface area contributed by atoms with E-state index in [1.165, 1.54) is 23.1 Å². The van der Waals surface area contributed by atoms with Crippen LogP contribution in [0.15, 0.2) is 47.9 Å². The van der Waals surface area contributed by atoms with E-state index in [4.69, 9.17) is 0 Å². The first-order chi connectivity index (χ1) is 19.7. The first-order valence-electron chi connectivity index (χ1n) is 14.6. The molecule has 11 nitrogen and oxygen atoms in total. The van der Waals surface area contributed by atoms with Crippen molar-refractivity contribution < 1.29 is 27.6 Å². The van der Waals surface area contributed by atoms with E-state index in [-0.39, 0.29) is 34.5 Å². The number of nitrogens with zero attached hydrogens (tertiary/aromatic N) is 1. The third kappa shape index (κ3) is 6.30. The van der Waals surface area contributed by atoms with Gasteiger partial charge in [0.2, 0.25) is 11.8 Å². The fraction of sp³-hybridized carbons (Fsp3) is 0.613. The number of benzene rings is 1. The molecule has 5 amide bonds. The number of piperidine rings is 1. The summed E-state index contributed by atoms with van der Waals surface area (Å²) < 4.78 is 28.0. The normalized spacial score (nSPS) is 28.1. The first-order valence-corrected chi connectivity index (χ1v) is 16.1. The van der Waals surface area contributed by atoms with Gasteiger partial charge >= 0.3 is 6.03 Å². The Kier molecular flexibility index (Phi) is 8.04. The summed E-state index contributed by atoms with van der Waals surface area (Å²) in [7, 11) is -4.18. The lowest BCUT2D eigenvalue weighted by molar-refractivity contribution is -0.144. The van der Waals surface area contributed by atoms with E-state index in [0.29, 0.717) is 6.54 Å². The number of hydrogen-bond donors (Lipinski definition) is 4. The molecule has 1 aromatic carbocycles. The number of likely N-dealkylation sites (tertiary alicyclic amines) is 1. The second kappa shape index (κ2) is 10.6. The molecule has 3 aliphatic rings. The SMILES string of the molecule is C=C[C@@H]1C[C@]1(NC(=O)[C@@H]1C2[C@H](CN1C(=O)[C@@H](NC(=O)NC(C)(C)C)C(C)(C)C)C2(C)C)C(=O)NS(=O)(=O)c1ccccc1. The van der Waals surface area contributed by atoms with Crippen molar-refractivity contribution in [1.82, 2.24) is 25.6 Å². The van der Waals surface area contributed by atoms with Crippen LogP contribution in [0.1, 0.15) is 61.8 Å². The van der Waals surface area contributed by atoms with Gasteiger partial charge in [0, 0.05) is 18.0 Å². The Labute approximate surface area is 254 Å². The molecule has 4 N–H and O–H groups in total. The molecular weight excluding hydrogens is 570 g/mol. The van der Waals surface area contributed by atoms with Crippen LogP contribution in [-0.4, -0.2) is 66.8 Å². The van der Waals surface area contributed by atoms with Crippen LogP contribution in [0.4, 0.5) is 4.79 Å². The molecule has 1 aromatic rings. The number of sulfonamides is 1. The minimum Gasteiger partial charge on any atom is -0.339 e. The number of fused-ring (bicyclic) bond motifs is 1. The third-order valence-electron chi connectivity index (χ3n) is 8.97. The highest BCUT2D eigenvalue weighted by atomic mass is 32.2. The van der Waals surface area contributed by atoms with Crippen LogP contribution in [0.25, 0.3) is 0 Å². The molecule has 0 radical (unpaired) electrons. The Morgan fingerprint density at radius 1 is 1.05 bits per heavy atom. The minimum absolute atomic E-state index is 0.0638. The zero-order chi connectivity index (χ0) is 32.3. The maximum Gasteiger partial charge on any atom is 0.315 e. The predicted octanol–water partition coefficient (Wildman–Crippen LogP) is 2.55. The highest BCUT2D eigenvalue weighted by Gasteiger charge is 2.71. The van der Waals surface area contributed by atoms with E-state index in [9.17, 15) is 27.6 Å². The van der Waals surface area contributed by atoms with E-state index in [2.05, 4.69) is 27.3 Å². The van der Waals surface area contributed by atoms with Gasteiger partial charge in [-0.2, -0.15) is 0 Å². The third-order valence-corrected chi connectivity index (χ3v) is 10.3. The van der Waals surface area contributed by atoms with Gasteiger partial charge in [-0.05, 0) is 62.0 Å². The summed E-state index contributed by atoms with van der Waals surface area (Å²) in [5.74, 6) is -2.36. The van der Waals surface area contributed by atoms with Gasteiger partial charge in [-0.25, -0.2) is 17.9 Å². The molecule has 43 heavy (non-hydrogen) atoms. The van der Waals surface area contributed by atoms with Crippen molar-refractivity contribution in [3.8, 4) is 0 Å². The number of hydrogen-bond acceptors (Lipinski definition) is 6. The lowest BCUT2D eigenvalue weighted by Gasteiger charge is -2.38. The summed E-state index contributed by atoms with van der Waals surface area (Å²) in [6.07, 6.45) is 1.69. The number of carbonyl (C=O) groups excluding carboxylic acids is 4. The van der Waals surface area contributed by atoms with Crippen LogP contribution in [0.3, 0.4) is 0 Å². The molecule has 0 spiro atoms. The van der Waals surface area contributed by atoms with Gasteiger partial charge in [0.15, 0.2) is 0 Å². The van der Waals surface area contributed by atoms with Gasteiger partial charge in [0.05, 0.1) is 4.90 Å². The summed E-state index contributed by atoms with van der Waals surface area (Å²) in [6, 6.07) is 5.18. The van der Waals surface area contributed by atoms with Crippen molar-refractivity contribution >= 4 is 33.8 Å². The molecule has 3 fully saturated rings. The number of nitrogens with one attached hydrogen (secondary N) is 4. The van der Waals surface area contributed by atoms with Crippen molar-refractivity contribution in [3.63, 3.8) is 0 Å². The Hall–Kier alpha value is -3.41. The fourth-order valence-electron chi connectivity index (χ4n) is 6.34. The standard InChI is InChI=1S/C31H45N5O6S/c1-10-18-16-31(18,26(39)35-43(41,42)19-14-12-11-13-15-19)33-24(37)22-21-20(30(21,8)9)17-36(22)25(38)23(28(2,3)4)32-27(40)34-29(5,6)7/h10-15,18,20-23H,1,16-17H2,2-9H3,(H,33,37)(H,35,39)(H2,32,34,40)/t18-,20+,21?,22+,23-,31-/m1/s1. The maximum atomic E-state index is 14.1. The molecule has 1 heterocycles. The number of urea groups is 1. The smallest absolute Gasteiger partial charge is 0.315 e. The predicted molar refractivity (Wildman–Crippen MR) is 162 cm³/mol. The van der Waals surface area contributed by atoms with Gasteiger partial charge in [-0.15, -0.1) is 6.58 Å². The van der Waals surface area contributed by atoms with Crippen molar-refractivity contribution in [2.75, 3.05) is 6.54 Å². The molecule has 1 aliphatic heterocycles. The Morgan fingerprint density at radius 2 is 1.65 bits per heavy atom. The van der Waals surface area contributed by atoms with Crippen molar-refractivity contribution in [2.24, 2.45) is 28.6 Å². The molecule has 4 rings (SSSR count). The molecule has 2 saturated carbocycles. The molecule has 12 heteroatoms. The average molecular weight is 616 g/mol. The molecule has 6 atom stereocenters. The highest BCUT2D eigenvalue weighted by Crippen LogP contribution is 2.65. The van der Waals surface area contributed by atoms with E-state index < -0.39 is 62.4 Å². The topological polar surface area (TPSA) is 154 Å². The van der Waals surface area contributed by atoms with Crippen molar-refractivity contribution in [1.29, 1.82) is 0 Å². The minimum atomic E-state index is -4.18. The molecule has 0 aromatic heterocycles. The summed E-state index contributed by atoms with van der Waals surface area (Å²) >= 11 is 0. The summed E-state index contributed by atoms with van der Waals surface area (Å²) in [5, 5.41) is 8.47. The number of amides is 5. The largest absolute Gasteiger partial charge is 0.339 e. The second-order valence-electron chi connectivity index (χ2n) is 14.8. The van der Waals surface area contributed by atoms with Gasteiger partial charge in [-0.3, -0.25) is 14.4 Å². The van der Waals surface area contributed by atoms with Gasteiger partial charge in [0.25, 0.3) is 15.9 Å². The van der Waals surface area contributed by atoms with Gasteiger partial charge < -0.3 is 20.9 Å². The molecule has 1 saturated heterocycles. The van der Waals surface area contributed by atoms with E-state index in [1.54, 1.807) is 18.2 Å². The molecule has 0 bridgehead atoms. The molecule has 1 unspecified atom stereocenters. The average Bonchev–Trinajstić information content (AvgIpc) is 3.63. The summed E-state index contributed by atoms with van der Waals surface area (Å²) in [5.41, 5.74) is -2.92. The Bertz CT molecular complexity index is 1430. The van der Waals surface area contributed by atoms with Crippen molar-refractivity contribution in [3.05, 3.63) is 43.0 Å². The lowest BCUT2D eigenvalue weighted by Crippen LogP contribution is -2.62. The lowest BCUT2D eigenvalue weighted by atomic mass is 9.85. The number of carbonyl (C=O) groups is 4. The quantitative estimate of drug-likeness (QED) is 0.330. The van der Waals surface area contributed by atoms with E-state index in [0.717, 1.165) is 0 Å². The Morgan fingerprint density at radius 3 is 2.16 bits per heavy atom. The van der Waals surface area contributed by atoms with Gasteiger partial charge in [0.1, 0.15) is 17.6 Å². The monoisotopic (exact) mass is 615 g/mol. The summed E-state index contributed by atoms with van der Waals surface area (Å²) in [6.45, 7) is 19.2. The second-order valence-corrected chi connectivity index (χ2v) is 16.5. The van der Waals surface area contributed by atoms with Crippen LogP contribution in [-0.2, 0) is 24.4 Å². The van der Waals surface area contributed by atoms with Crippen molar-refractivity contribution in [2.45, 2.75) is 89.9 Å². The van der Waals surface area contributed by atoms with Crippen LogP contribution in [0, 0.1) is 28.6 Å². The van der Waals surface area contributed by atoms with Crippen LogP contribution in [0.5, 0.6) is 0 Å². The van der Waals surface area contributed by atoms with Crippen LogP contribution >= 0.6 is 0 Å². The van der Waals surface area contributed by atoms with Crippen LogP contribution < -0.4 is 20.7 Å². The molecule has 2 aliphatic carbocycles. The zero-order valence-electron chi connectivity index (χ0n) is 26.3. The molecule has 236 valence electrons. The number of rotatable bonds is 8. The first kappa shape index (κ1) is 32.5. The fourth-order valence-corrected chi connectivity index (χ4v) is 7.39. The maximum absolute atomic E-state index is 14.1. The summed E-state index contributed by atoms with van der Waals surface area (Å²) in [4.78, 5) is 55.9. The molecular formula is C31H45N5O6S. The Balaban J connectivity index is 1.58. The van der Waals surface area contributed by atoms with Gasteiger partial charge in [-0.1, -0.05) is 58.9 Å². The highest BCUT2D eigenvalue weighted by molar-refractivity contribution is 7.90. The van der Waals surface area contributed by atoms with E-state index in [1.807, 2.05) is 55.4 Å². The van der Waals surface area contributed by atoms with E-state index >= 15 is 0 Å².